The normalized spacial score (nSPS) is 10.7. The number of nitrogen functional groups attached to an aromatic ring is 2. The number of amides is 1. The molecule has 0 spiro atoms. The number of rotatable bonds is 4. The zero-order valence-electron chi connectivity index (χ0n) is 58.2. The Morgan fingerprint density at radius 1 is 0.465 bits per heavy atom. The molecule has 101 heavy (non-hydrogen) atoms. The van der Waals surface area contributed by atoms with Crippen molar-refractivity contribution in [1.82, 2.24) is 29.9 Å². The van der Waals surface area contributed by atoms with Crippen LogP contribution in [0.2, 0.25) is 0 Å². The monoisotopic (exact) mass is 1750 g/mol. The summed E-state index contributed by atoms with van der Waals surface area (Å²) in [4.78, 5) is 36.4. The summed E-state index contributed by atoms with van der Waals surface area (Å²) in [7, 11) is 0. The third-order valence-corrected chi connectivity index (χ3v) is 18.1. The first-order valence-corrected chi connectivity index (χ1v) is 34.3. The SMILES string of the molecule is Brc1cccc2ccncc12.Cc1cccc2c(Br)cncc12.Cc1cccc2c(N)c(Br)ncc12.Cc1cccc2c(N)cncc12.Cc1cccc2c(NC(=O)OC(C)(C)C)cncc12.Cc1cccc2ccncc12.[CH2-]C(Cc1ccc2c(C)cccc2c1)c1[c-]cccc1.[Y].[Y].[Y]. The molecule has 1 amide bonds. The van der Waals surface area contributed by atoms with Crippen LogP contribution in [-0.4, -0.2) is 41.6 Å². The largest absolute Gasteiger partial charge is 0.444 e. The van der Waals surface area contributed by atoms with Gasteiger partial charge in [-0.2, -0.15) is 41.8 Å². The third-order valence-electron chi connectivity index (χ3n) is 16.2. The van der Waals surface area contributed by atoms with Gasteiger partial charge in [-0.05, 0) is 178 Å². The molecule has 11 nitrogen and oxygen atoms in total. The second kappa shape index (κ2) is 40.4. The van der Waals surface area contributed by atoms with E-state index in [4.69, 9.17) is 16.2 Å². The average molecular weight is 1750 g/mol. The zero-order valence-corrected chi connectivity index (χ0v) is 71.5. The van der Waals surface area contributed by atoms with Gasteiger partial charge < -0.3 is 23.1 Å². The van der Waals surface area contributed by atoms with Crippen molar-refractivity contribution in [2.24, 2.45) is 0 Å². The van der Waals surface area contributed by atoms with Gasteiger partial charge in [-0.1, -0.05) is 162 Å². The molecule has 6 aromatic heterocycles. The molecule has 0 bridgehead atoms. The van der Waals surface area contributed by atoms with E-state index in [1.807, 2.05) is 156 Å². The van der Waals surface area contributed by atoms with E-state index in [-0.39, 0.29) is 104 Å². The Labute approximate surface area is 693 Å². The van der Waals surface area contributed by atoms with Gasteiger partial charge >= 0.3 is 6.09 Å². The Morgan fingerprint density at radius 2 is 0.941 bits per heavy atom. The van der Waals surface area contributed by atoms with E-state index in [9.17, 15) is 4.79 Å². The number of fused-ring (bicyclic) bond motifs is 7. The van der Waals surface area contributed by atoms with E-state index >= 15 is 0 Å². The zero-order chi connectivity index (χ0) is 69.9. The maximum absolute atomic E-state index is 11.8. The Balaban J connectivity index is 0.000000187. The molecule has 6 heterocycles. The molecule has 5 N–H and O–H groups in total. The maximum atomic E-state index is 11.8. The summed E-state index contributed by atoms with van der Waals surface area (Å²) in [5, 5.41) is 19.1. The van der Waals surface area contributed by atoms with E-state index in [0.29, 0.717) is 16.0 Å². The molecule has 1 unspecified atom stereocenters. The van der Waals surface area contributed by atoms with Gasteiger partial charge in [0.1, 0.15) is 10.2 Å². The van der Waals surface area contributed by atoms with Crippen LogP contribution in [-0.2, 0) is 109 Å². The molecule has 3 radical (unpaired) electrons. The first-order chi connectivity index (χ1) is 47.1. The van der Waals surface area contributed by atoms with Crippen LogP contribution in [0.25, 0.3) is 75.4 Å². The van der Waals surface area contributed by atoms with E-state index in [1.165, 1.54) is 76.6 Å². The van der Waals surface area contributed by atoms with Crippen molar-refractivity contribution < 1.29 is 108 Å². The number of aromatic nitrogens is 6. The van der Waals surface area contributed by atoms with Crippen LogP contribution < -0.4 is 16.8 Å². The molecule has 0 aliphatic carbocycles. The molecule has 15 aromatic rings. The molecule has 9 aromatic carbocycles. The summed E-state index contributed by atoms with van der Waals surface area (Å²) < 4.78 is 8.12. The maximum Gasteiger partial charge on any atom is 0.412 e. The Morgan fingerprint density at radius 3 is 1.50 bits per heavy atom. The van der Waals surface area contributed by atoms with E-state index in [2.05, 4.69) is 228 Å². The summed E-state index contributed by atoms with van der Waals surface area (Å²) in [6.07, 6.45) is 20.4. The van der Waals surface area contributed by atoms with Gasteiger partial charge in [0.15, 0.2) is 0 Å². The fourth-order valence-corrected chi connectivity index (χ4v) is 12.2. The Hall–Kier alpha value is -6.68. The van der Waals surface area contributed by atoms with E-state index in [0.717, 1.165) is 64.3 Å². The second-order valence-corrected chi connectivity index (χ2v) is 27.0. The minimum atomic E-state index is -0.516. The number of nitrogens with one attached hydrogen (secondary N) is 1. The molecule has 0 saturated carbocycles. The number of benzene rings is 9. The first-order valence-electron chi connectivity index (χ1n) is 31.9. The number of ether oxygens (including phenoxy) is 1. The molecule has 0 saturated heterocycles. The number of carbonyl (C=O) groups excluding carboxylic acids is 1. The van der Waals surface area contributed by atoms with Crippen LogP contribution in [0.4, 0.5) is 21.9 Å². The minimum absolute atomic E-state index is 0. The number of anilines is 3. The quantitative estimate of drug-likeness (QED) is 0.114. The summed E-state index contributed by atoms with van der Waals surface area (Å²) in [5.41, 5.74) is 23.2. The number of hydrogen-bond donors (Lipinski definition) is 3. The van der Waals surface area contributed by atoms with Crippen molar-refractivity contribution in [3.8, 4) is 0 Å². The number of nitrogens with two attached hydrogens (primary N) is 2. The number of hydrogen-bond acceptors (Lipinski definition) is 10. The molecular formula is C84H78Br3N9O2Y3-2. The van der Waals surface area contributed by atoms with E-state index < -0.39 is 11.7 Å². The smallest absolute Gasteiger partial charge is 0.412 e. The number of halogens is 3. The number of aryl methyl sites for hydroxylation is 6. The third kappa shape index (κ3) is 23.4. The number of carbonyl (C=O) groups is 1. The molecule has 0 aliphatic rings. The molecule has 0 aliphatic heterocycles. The van der Waals surface area contributed by atoms with Crippen LogP contribution in [0, 0.1) is 54.5 Å². The summed E-state index contributed by atoms with van der Waals surface area (Å²) in [6.45, 7) is 22.2. The van der Waals surface area contributed by atoms with Crippen LogP contribution in [0.15, 0.2) is 264 Å². The minimum Gasteiger partial charge on any atom is -0.444 e. The van der Waals surface area contributed by atoms with Gasteiger partial charge in [0, 0.05) is 211 Å². The standard InChI is InChI=1S/C20H18.C15H18N2O2.C10H9BrN2.C10H8BrN.C10H10N2.C10H9N.C9H6BrN.3Y/c1-15-7-6-10-19-14-17(11-12-20(15)19)13-16(2)18-8-4-3-5-9-18;1-10-6-5-7-11-12(10)8-16-9-13(11)17-14(18)19-15(2,3)4;1-6-3-2-4-7-8(6)5-13-10(11)9(7)12;2*1-7-3-2-4-8-9(7)5-12-6-10(8)11;1-8-3-2-4-9-5-6-11-7-10(8)9;10-9-3-1-2-7-4-5-11-6-8(7)9;;;/h3-8,10-12,14,16H,2,13H2,1H3;5-9H,1-4H3,(H,17,18);2-5H,12H2,1H3;2-6H,1H3;2-6H,11H2,1H3;2-7H,1H3;1-6H;;;/q-2;;;;;;;;;. The van der Waals surface area contributed by atoms with Gasteiger partial charge in [-0.3, -0.25) is 30.2 Å². The molecule has 17 heteroatoms. The predicted octanol–water partition coefficient (Wildman–Crippen LogP) is 22.9. The number of pyridine rings is 6. The summed E-state index contributed by atoms with van der Waals surface area (Å²) >= 11 is 10.2. The first kappa shape index (κ1) is 83.3. The van der Waals surface area contributed by atoms with Crippen molar-refractivity contribution in [3.05, 3.63) is 321 Å². The van der Waals surface area contributed by atoms with Crippen molar-refractivity contribution in [1.29, 1.82) is 0 Å². The van der Waals surface area contributed by atoms with Crippen molar-refractivity contribution in [2.45, 2.75) is 80.3 Å². The topological polar surface area (TPSA) is 168 Å². The predicted molar refractivity (Wildman–Crippen MR) is 422 cm³/mol. The van der Waals surface area contributed by atoms with Crippen molar-refractivity contribution >= 4 is 146 Å². The molecule has 15 rings (SSSR count). The van der Waals surface area contributed by atoms with Gasteiger partial charge in [0.25, 0.3) is 0 Å². The fraction of sp³-hybridized carbons (Fsp3) is 0.143. The molecule has 0 fully saturated rings. The van der Waals surface area contributed by atoms with Crippen LogP contribution in [0.3, 0.4) is 0 Å². The van der Waals surface area contributed by atoms with Gasteiger partial charge in [0.05, 0.1) is 29.5 Å². The van der Waals surface area contributed by atoms with Crippen molar-refractivity contribution in [2.75, 3.05) is 16.8 Å². The van der Waals surface area contributed by atoms with Gasteiger partial charge in [-0.15, -0.1) is 0 Å². The molecule has 1 atom stereocenters. The van der Waals surface area contributed by atoms with Crippen LogP contribution >= 0.6 is 47.8 Å². The molecular weight excluding hydrogens is 1670 g/mol. The van der Waals surface area contributed by atoms with Crippen LogP contribution in [0.5, 0.6) is 0 Å². The fourth-order valence-electron chi connectivity index (χ4n) is 10.9. The van der Waals surface area contributed by atoms with Gasteiger partial charge in [-0.25, -0.2) is 9.78 Å². The number of nitrogens with zero attached hydrogens (tertiary/aromatic N) is 6. The Kier molecular flexibility index (Phi) is 33.3. The second-order valence-electron chi connectivity index (χ2n) is 24.5. The summed E-state index contributed by atoms with van der Waals surface area (Å²) in [5.74, 6) is 0.249. The van der Waals surface area contributed by atoms with Crippen molar-refractivity contribution in [3.63, 3.8) is 0 Å². The van der Waals surface area contributed by atoms with Crippen LogP contribution in [0.1, 0.15) is 71.2 Å². The van der Waals surface area contributed by atoms with E-state index in [1.54, 1.807) is 24.8 Å². The van der Waals surface area contributed by atoms with Gasteiger partial charge in [0.2, 0.25) is 0 Å². The molecule has 503 valence electrons. The summed E-state index contributed by atoms with van der Waals surface area (Å²) in [6, 6.07) is 65.3. The Bertz CT molecular complexity index is 4990. The average Bonchev–Trinajstić information content (AvgIpc) is 0.819.